The van der Waals surface area contributed by atoms with Crippen LogP contribution in [0.1, 0.15) is 17.6 Å². The zero-order valence-electron chi connectivity index (χ0n) is 15.8. The van der Waals surface area contributed by atoms with E-state index in [0.29, 0.717) is 5.52 Å². The van der Waals surface area contributed by atoms with Gasteiger partial charge in [-0.1, -0.05) is 24.3 Å². The van der Waals surface area contributed by atoms with Crippen LogP contribution < -0.4 is 10.3 Å². The van der Waals surface area contributed by atoms with Crippen molar-refractivity contribution in [2.45, 2.75) is 17.9 Å². The number of H-pyrrole nitrogens is 1. The molecular formula is C21H16F3N3O3S. The first-order valence-electron chi connectivity index (χ1n) is 9.11. The van der Waals surface area contributed by atoms with E-state index in [1.165, 1.54) is 36.4 Å². The van der Waals surface area contributed by atoms with Gasteiger partial charge >= 0.3 is 0 Å². The zero-order valence-corrected chi connectivity index (χ0v) is 16.7. The third kappa shape index (κ3) is 4.33. The molecule has 0 saturated heterocycles. The third-order valence-electron chi connectivity index (χ3n) is 4.70. The highest BCUT2D eigenvalue weighted by atomic mass is 32.2. The number of rotatable bonds is 6. The minimum atomic E-state index is -4.13. The molecule has 2 N–H and O–H groups in total. The Labute approximate surface area is 175 Å². The summed E-state index contributed by atoms with van der Waals surface area (Å²) >= 11 is 0. The number of nitrogens with zero attached hydrogens (tertiary/aromatic N) is 1. The molecule has 31 heavy (non-hydrogen) atoms. The molecule has 0 unspecified atom stereocenters. The van der Waals surface area contributed by atoms with Crippen molar-refractivity contribution >= 4 is 26.6 Å². The minimum Gasteiger partial charge on any atom is -0.280 e. The molecule has 0 fully saturated rings. The summed E-state index contributed by atoms with van der Waals surface area (Å²) in [4.78, 5) is 12.0. The second-order valence-electron chi connectivity index (χ2n) is 6.86. The number of hydrogen-bond acceptors (Lipinski definition) is 3. The van der Waals surface area contributed by atoms with E-state index in [4.69, 9.17) is 0 Å². The summed E-state index contributed by atoms with van der Waals surface area (Å²) in [6.07, 6.45) is -2.80. The molecule has 10 heteroatoms. The van der Waals surface area contributed by atoms with Gasteiger partial charge in [-0.15, -0.1) is 0 Å². The van der Waals surface area contributed by atoms with Crippen LogP contribution in [0.3, 0.4) is 0 Å². The maximum atomic E-state index is 13.1. The Morgan fingerprint density at radius 1 is 1.00 bits per heavy atom. The summed E-state index contributed by atoms with van der Waals surface area (Å²) in [5.74, 6) is -0.370. The molecule has 0 bridgehead atoms. The van der Waals surface area contributed by atoms with Gasteiger partial charge in [-0.2, -0.15) is 0 Å². The molecule has 160 valence electrons. The molecule has 4 aromatic rings. The number of alkyl halides is 2. The SMILES string of the molecule is O=c1[nH]n(Cc2ccc(F)cc2)c2ccc(NS(=O)(=O)c3cccc(C(F)F)c3)cc12. The first kappa shape index (κ1) is 20.7. The lowest BCUT2D eigenvalue weighted by atomic mass is 10.2. The number of aromatic amines is 1. The molecule has 4 rings (SSSR count). The standard InChI is InChI=1S/C21H16F3N3O3S/c22-15-6-4-13(5-7-15)12-27-19-9-8-16(11-18(19)21(28)25-27)26-31(29,30)17-3-1-2-14(10-17)20(23)24/h1-11,20,26H,12H2,(H,25,28). The zero-order chi connectivity index (χ0) is 22.2. The Hall–Kier alpha value is -3.53. The van der Waals surface area contributed by atoms with Gasteiger partial charge in [-0.25, -0.2) is 21.6 Å². The van der Waals surface area contributed by atoms with E-state index in [1.54, 1.807) is 22.9 Å². The average Bonchev–Trinajstić information content (AvgIpc) is 3.04. The quantitative estimate of drug-likeness (QED) is 0.463. The smallest absolute Gasteiger partial charge is 0.272 e. The lowest BCUT2D eigenvalue weighted by Gasteiger charge is -2.10. The van der Waals surface area contributed by atoms with Gasteiger partial charge < -0.3 is 0 Å². The number of nitrogens with one attached hydrogen (secondary N) is 2. The number of fused-ring (bicyclic) bond motifs is 1. The molecule has 0 aliphatic carbocycles. The lowest BCUT2D eigenvalue weighted by molar-refractivity contribution is 0.151. The van der Waals surface area contributed by atoms with Crippen LogP contribution in [0.25, 0.3) is 10.9 Å². The monoisotopic (exact) mass is 447 g/mol. The first-order chi connectivity index (χ1) is 14.7. The molecular weight excluding hydrogens is 431 g/mol. The van der Waals surface area contributed by atoms with E-state index < -0.39 is 27.6 Å². The van der Waals surface area contributed by atoms with Crippen LogP contribution in [0, 0.1) is 5.82 Å². The van der Waals surface area contributed by atoms with Crippen molar-refractivity contribution in [1.29, 1.82) is 0 Å². The molecule has 0 saturated carbocycles. The second-order valence-corrected chi connectivity index (χ2v) is 8.55. The molecule has 1 aromatic heterocycles. The molecule has 0 radical (unpaired) electrons. The summed E-state index contributed by atoms with van der Waals surface area (Å²) in [5.41, 5.74) is 0.556. The Balaban J connectivity index is 1.64. The summed E-state index contributed by atoms with van der Waals surface area (Å²) in [6.45, 7) is 0.282. The molecule has 0 spiro atoms. The number of anilines is 1. The van der Waals surface area contributed by atoms with Crippen molar-refractivity contribution < 1.29 is 21.6 Å². The maximum absolute atomic E-state index is 13.1. The highest BCUT2D eigenvalue weighted by molar-refractivity contribution is 7.92. The van der Waals surface area contributed by atoms with Crippen molar-refractivity contribution in [3.63, 3.8) is 0 Å². The Bertz CT molecular complexity index is 1410. The van der Waals surface area contributed by atoms with Crippen molar-refractivity contribution in [2.24, 2.45) is 0 Å². The predicted molar refractivity (Wildman–Crippen MR) is 110 cm³/mol. The van der Waals surface area contributed by atoms with Crippen molar-refractivity contribution in [2.75, 3.05) is 4.72 Å². The van der Waals surface area contributed by atoms with Gasteiger partial charge in [0.15, 0.2) is 0 Å². The fraction of sp³-hybridized carbons (Fsp3) is 0.0952. The van der Waals surface area contributed by atoms with Crippen LogP contribution in [-0.2, 0) is 16.6 Å². The molecule has 6 nitrogen and oxygen atoms in total. The first-order valence-corrected chi connectivity index (χ1v) is 10.6. The highest BCUT2D eigenvalue weighted by Crippen LogP contribution is 2.24. The average molecular weight is 447 g/mol. The lowest BCUT2D eigenvalue weighted by Crippen LogP contribution is -2.13. The predicted octanol–water partition coefficient (Wildman–Crippen LogP) is 4.26. The van der Waals surface area contributed by atoms with Gasteiger partial charge in [0.1, 0.15) is 5.82 Å². The molecule has 3 aromatic carbocycles. The number of hydrogen-bond donors (Lipinski definition) is 2. The highest BCUT2D eigenvalue weighted by Gasteiger charge is 2.18. The van der Waals surface area contributed by atoms with Crippen LogP contribution in [0.5, 0.6) is 0 Å². The van der Waals surface area contributed by atoms with Gasteiger partial charge in [0.2, 0.25) is 0 Å². The fourth-order valence-electron chi connectivity index (χ4n) is 3.19. The maximum Gasteiger partial charge on any atom is 0.272 e. The number of sulfonamides is 1. The number of aromatic nitrogens is 2. The van der Waals surface area contributed by atoms with Crippen LogP contribution in [0.4, 0.5) is 18.9 Å². The fourth-order valence-corrected chi connectivity index (χ4v) is 4.29. The van der Waals surface area contributed by atoms with E-state index in [0.717, 1.165) is 17.7 Å². The number of halogens is 3. The molecule has 0 aliphatic rings. The summed E-state index contributed by atoms with van der Waals surface area (Å²) < 4.78 is 67.9. The Morgan fingerprint density at radius 2 is 1.74 bits per heavy atom. The van der Waals surface area contributed by atoms with Crippen LogP contribution in [0.15, 0.2) is 76.4 Å². The van der Waals surface area contributed by atoms with Crippen molar-refractivity contribution in [3.05, 3.63) is 94.0 Å². The van der Waals surface area contributed by atoms with Crippen LogP contribution in [-0.4, -0.2) is 18.2 Å². The normalized spacial score (nSPS) is 11.9. The van der Waals surface area contributed by atoms with Crippen LogP contribution >= 0.6 is 0 Å². The summed E-state index contributed by atoms with van der Waals surface area (Å²) in [5, 5.41) is 2.90. The van der Waals surface area contributed by atoms with Crippen molar-refractivity contribution in [1.82, 2.24) is 9.78 Å². The van der Waals surface area contributed by atoms with Crippen LogP contribution in [0.2, 0.25) is 0 Å². The third-order valence-corrected chi connectivity index (χ3v) is 6.07. The van der Waals surface area contributed by atoms with E-state index in [-0.39, 0.29) is 28.3 Å². The molecule has 1 heterocycles. The van der Waals surface area contributed by atoms with E-state index in [2.05, 4.69) is 9.82 Å². The van der Waals surface area contributed by atoms with E-state index in [1.807, 2.05) is 0 Å². The Kier molecular flexibility index (Phi) is 5.32. The summed E-state index contributed by atoms with van der Waals surface area (Å²) in [7, 11) is -4.13. The van der Waals surface area contributed by atoms with Gasteiger partial charge in [-0.3, -0.25) is 19.3 Å². The van der Waals surface area contributed by atoms with E-state index >= 15 is 0 Å². The molecule has 0 amide bonds. The number of benzene rings is 3. The summed E-state index contributed by atoms with van der Waals surface area (Å²) in [6, 6.07) is 14.7. The second kappa shape index (κ2) is 7.95. The molecule has 0 atom stereocenters. The molecule has 0 aliphatic heterocycles. The van der Waals surface area contributed by atoms with E-state index in [9.17, 15) is 26.4 Å². The van der Waals surface area contributed by atoms with Gasteiger partial charge in [-0.05, 0) is 48.0 Å². The van der Waals surface area contributed by atoms with Gasteiger partial charge in [0.05, 0.1) is 22.3 Å². The largest absolute Gasteiger partial charge is 0.280 e. The minimum absolute atomic E-state index is 0.111. The van der Waals surface area contributed by atoms with Gasteiger partial charge in [0, 0.05) is 11.3 Å². The topological polar surface area (TPSA) is 84.0 Å². The Morgan fingerprint density at radius 3 is 2.45 bits per heavy atom. The van der Waals surface area contributed by atoms with Gasteiger partial charge in [0.25, 0.3) is 22.0 Å². The van der Waals surface area contributed by atoms with Crippen molar-refractivity contribution in [3.8, 4) is 0 Å².